The molecule has 102 valence electrons. The van der Waals surface area contributed by atoms with Gasteiger partial charge >= 0.3 is 0 Å². The van der Waals surface area contributed by atoms with E-state index in [1.807, 2.05) is 41.8 Å². The van der Waals surface area contributed by atoms with Crippen molar-refractivity contribution in [2.24, 2.45) is 0 Å². The van der Waals surface area contributed by atoms with Crippen LogP contribution in [0.2, 0.25) is 5.02 Å². The van der Waals surface area contributed by atoms with Crippen molar-refractivity contribution in [2.45, 2.75) is 13.0 Å². The smallest absolute Gasteiger partial charge is 0.201 e. The van der Waals surface area contributed by atoms with E-state index in [9.17, 15) is 4.39 Å². The van der Waals surface area contributed by atoms with Crippen LogP contribution in [0.15, 0.2) is 42.5 Å². The van der Waals surface area contributed by atoms with Crippen LogP contribution in [-0.4, -0.2) is 9.55 Å². The summed E-state index contributed by atoms with van der Waals surface area (Å²) in [5.74, 6) is -0.126. The minimum Gasteiger partial charge on any atom is -0.369 e. The molecular weight excluding hydrogens is 277 g/mol. The van der Waals surface area contributed by atoms with Gasteiger partial charge in [-0.25, -0.2) is 9.37 Å². The van der Waals surface area contributed by atoms with Gasteiger partial charge in [-0.3, -0.25) is 0 Å². The van der Waals surface area contributed by atoms with E-state index >= 15 is 0 Å². The molecular formula is C15H13ClFN3. The Morgan fingerprint density at radius 1 is 1.25 bits per heavy atom. The Morgan fingerprint density at radius 2 is 1.95 bits per heavy atom. The Morgan fingerprint density at radius 3 is 2.65 bits per heavy atom. The van der Waals surface area contributed by atoms with E-state index in [1.54, 1.807) is 0 Å². The summed E-state index contributed by atoms with van der Waals surface area (Å²) in [5.41, 5.74) is 8.29. The summed E-state index contributed by atoms with van der Waals surface area (Å²) in [7, 11) is 0. The number of halogens is 2. The van der Waals surface area contributed by atoms with Gasteiger partial charge < -0.3 is 10.3 Å². The molecule has 1 heterocycles. The topological polar surface area (TPSA) is 43.8 Å². The van der Waals surface area contributed by atoms with Crippen molar-refractivity contribution in [2.75, 3.05) is 5.73 Å². The molecule has 0 bridgehead atoms. The maximum Gasteiger partial charge on any atom is 0.201 e. The lowest BCUT2D eigenvalue weighted by Crippen LogP contribution is -2.10. The average molecular weight is 290 g/mol. The van der Waals surface area contributed by atoms with E-state index in [4.69, 9.17) is 17.3 Å². The van der Waals surface area contributed by atoms with E-state index < -0.39 is 5.82 Å². The molecule has 0 radical (unpaired) electrons. The third-order valence-electron chi connectivity index (χ3n) is 3.43. The number of nitrogens with two attached hydrogens (primary N) is 1. The number of aromatic nitrogens is 2. The van der Waals surface area contributed by atoms with Crippen molar-refractivity contribution in [3.8, 4) is 0 Å². The van der Waals surface area contributed by atoms with Crippen molar-refractivity contribution < 1.29 is 4.39 Å². The molecule has 5 heteroatoms. The first-order valence-electron chi connectivity index (χ1n) is 6.25. The first-order chi connectivity index (χ1) is 9.58. The lowest BCUT2D eigenvalue weighted by atomic mass is 10.1. The molecule has 0 spiro atoms. The molecule has 0 aliphatic rings. The van der Waals surface area contributed by atoms with Gasteiger partial charge in [0.1, 0.15) is 5.82 Å². The molecule has 0 fully saturated rings. The molecule has 1 atom stereocenters. The monoisotopic (exact) mass is 289 g/mol. The van der Waals surface area contributed by atoms with Crippen LogP contribution in [-0.2, 0) is 0 Å². The highest BCUT2D eigenvalue weighted by Gasteiger charge is 2.17. The second-order valence-electron chi connectivity index (χ2n) is 4.68. The summed E-state index contributed by atoms with van der Waals surface area (Å²) in [6, 6.07) is 12.7. The summed E-state index contributed by atoms with van der Waals surface area (Å²) in [6.45, 7) is 2.00. The number of hydrogen-bond acceptors (Lipinski definition) is 2. The first kappa shape index (κ1) is 12.9. The largest absolute Gasteiger partial charge is 0.369 e. The van der Waals surface area contributed by atoms with E-state index in [1.165, 1.54) is 12.1 Å². The van der Waals surface area contributed by atoms with Crippen molar-refractivity contribution in [1.29, 1.82) is 0 Å². The molecule has 0 saturated heterocycles. The first-order valence-corrected chi connectivity index (χ1v) is 6.63. The molecule has 1 aromatic heterocycles. The predicted molar refractivity (Wildman–Crippen MR) is 79.4 cm³/mol. The van der Waals surface area contributed by atoms with Crippen LogP contribution in [0, 0.1) is 5.82 Å². The summed E-state index contributed by atoms with van der Waals surface area (Å²) in [4.78, 5) is 4.25. The maximum atomic E-state index is 13.7. The van der Waals surface area contributed by atoms with Gasteiger partial charge in [-0.1, -0.05) is 41.9 Å². The number of nitrogens with zero attached hydrogens (tertiary/aromatic N) is 2. The molecule has 2 aromatic carbocycles. The third kappa shape index (κ3) is 2.02. The van der Waals surface area contributed by atoms with E-state index in [2.05, 4.69) is 4.98 Å². The van der Waals surface area contributed by atoms with Crippen LogP contribution >= 0.6 is 11.6 Å². The standard InChI is InChI=1S/C15H13ClFN3/c1-9(10-5-3-2-4-6-10)20-14-8-12(17)11(16)7-13(14)19-15(20)18/h2-9H,1H3,(H2,18,19). The molecule has 3 aromatic rings. The Bertz CT molecular complexity index is 768. The van der Waals surface area contributed by atoms with E-state index in [-0.39, 0.29) is 11.1 Å². The molecule has 20 heavy (non-hydrogen) atoms. The highest BCUT2D eigenvalue weighted by molar-refractivity contribution is 6.31. The van der Waals surface area contributed by atoms with Crippen molar-refractivity contribution >= 4 is 28.6 Å². The molecule has 0 aliphatic heterocycles. The second kappa shape index (κ2) is 4.80. The second-order valence-corrected chi connectivity index (χ2v) is 5.09. The molecule has 0 aliphatic carbocycles. The normalized spacial score (nSPS) is 12.8. The van der Waals surface area contributed by atoms with Gasteiger partial charge in [0.2, 0.25) is 5.95 Å². The highest BCUT2D eigenvalue weighted by Crippen LogP contribution is 2.30. The number of nitrogen functional groups attached to an aromatic ring is 1. The third-order valence-corrected chi connectivity index (χ3v) is 3.72. The molecule has 0 saturated carbocycles. The van der Waals surface area contributed by atoms with Gasteiger partial charge in [-0.15, -0.1) is 0 Å². The molecule has 3 nitrogen and oxygen atoms in total. The zero-order valence-corrected chi connectivity index (χ0v) is 11.6. The zero-order chi connectivity index (χ0) is 14.3. The lowest BCUT2D eigenvalue weighted by molar-refractivity contribution is 0.625. The summed E-state index contributed by atoms with van der Waals surface area (Å²) >= 11 is 5.78. The number of anilines is 1. The van der Waals surface area contributed by atoms with Crippen LogP contribution < -0.4 is 5.73 Å². The minimum atomic E-state index is -0.472. The predicted octanol–water partition coefficient (Wildman–Crippen LogP) is 4.02. The van der Waals surface area contributed by atoms with Gasteiger partial charge in [-0.2, -0.15) is 0 Å². The number of imidazole rings is 1. The Balaban J connectivity index is 2.21. The average Bonchev–Trinajstić information content (AvgIpc) is 2.75. The molecule has 3 rings (SSSR count). The highest BCUT2D eigenvalue weighted by atomic mass is 35.5. The Labute approximate surface area is 120 Å². The summed E-state index contributed by atoms with van der Waals surface area (Å²) < 4.78 is 15.5. The Hall–Kier alpha value is -2.07. The maximum absolute atomic E-state index is 13.7. The Kier molecular flexibility index (Phi) is 3.10. The van der Waals surface area contributed by atoms with Crippen molar-refractivity contribution in [3.63, 3.8) is 0 Å². The van der Waals surface area contributed by atoms with E-state index in [0.29, 0.717) is 17.0 Å². The summed E-state index contributed by atoms with van der Waals surface area (Å²) in [6.07, 6.45) is 0. The molecule has 0 amide bonds. The SMILES string of the molecule is CC(c1ccccc1)n1c(N)nc2cc(Cl)c(F)cc21. The van der Waals surface area contributed by atoms with Crippen molar-refractivity contribution in [3.05, 3.63) is 58.9 Å². The quantitative estimate of drug-likeness (QED) is 0.774. The zero-order valence-electron chi connectivity index (χ0n) is 10.8. The fourth-order valence-corrected chi connectivity index (χ4v) is 2.55. The van der Waals surface area contributed by atoms with Gasteiger partial charge in [0.05, 0.1) is 22.1 Å². The van der Waals surface area contributed by atoms with E-state index in [0.717, 1.165) is 5.56 Å². The summed E-state index contributed by atoms with van der Waals surface area (Å²) in [5, 5.41) is 0.0505. The van der Waals surface area contributed by atoms with Gasteiger partial charge in [-0.05, 0) is 18.6 Å². The fraction of sp³-hybridized carbons (Fsp3) is 0.133. The van der Waals surface area contributed by atoms with Crippen LogP contribution in [0.5, 0.6) is 0 Å². The van der Waals surface area contributed by atoms with Crippen LogP contribution in [0.4, 0.5) is 10.3 Å². The number of benzene rings is 2. The van der Waals surface area contributed by atoms with Gasteiger partial charge in [0, 0.05) is 6.07 Å². The van der Waals surface area contributed by atoms with Crippen LogP contribution in [0.25, 0.3) is 11.0 Å². The number of fused-ring (bicyclic) bond motifs is 1. The van der Waals surface area contributed by atoms with Crippen molar-refractivity contribution in [1.82, 2.24) is 9.55 Å². The minimum absolute atomic E-state index is 0.0400. The van der Waals surface area contributed by atoms with Gasteiger partial charge in [0.25, 0.3) is 0 Å². The van der Waals surface area contributed by atoms with Crippen LogP contribution in [0.3, 0.4) is 0 Å². The molecule has 1 unspecified atom stereocenters. The number of hydrogen-bond donors (Lipinski definition) is 1. The number of rotatable bonds is 2. The molecule has 2 N–H and O–H groups in total. The lowest BCUT2D eigenvalue weighted by Gasteiger charge is -2.16. The fourth-order valence-electron chi connectivity index (χ4n) is 2.40. The van der Waals surface area contributed by atoms with Gasteiger partial charge in [0.15, 0.2) is 0 Å². The van der Waals surface area contributed by atoms with Crippen LogP contribution in [0.1, 0.15) is 18.5 Å².